The lowest BCUT2D eigenvalue weighted by Crippen LogP contribution is -2.47. The Morgan fingerprint density at radius 1 is 1.29 bits per heavy atom. The van der Waals surface area contributed by atoms with Crippen LogP contribution in [-0.4, -0.2) is 43.6 Å². The third kappa shape index (κ3) is 2.49. The molecular formula is C14H20N6O. The molecule has 0 bridgehead atoms. The number of anilines is 1. The fourth-order valence-corrected chi connectivity index (χ4v) is 2.91. The number of hydrogen-bond acceptors (Lipinski definition) is 6. The number of aromatic amines is 1. The molecule has 1 saturated heterocycles. The summed E-state index contributed by atoms with van der Waals surface area (Å²) < 4.78 is 0. The first-order valence-corrected chi connectivity index (χ1v) is 7.15. The summed E-state index contributed by atoms with van der Waals surface area (Å²) in [5.41, 5.74) is 1.65. The number of aromatic nitrogens is 5. The minimum absolute atomic E-state index is 0.469. The van der Waals surface area contributed by atoms with Gasteiger partial charge in [-0.25, -0.2) is 9.97 Å². The van der Waals surface area contributed by atoms with Gasteiger partial charge < -0.3 is 10.0 Å². The number of β-amino-alcohol motifs (C(OH)–C–C–N with tert-alkyl or cyclic N) is 1. The molecule has 112 valence electrons. The summed E-state index contributed by atoms with van der Waals surface area (Å²) >= 11 is 0. The molecule has 0 spiro atoms. The van der Waals surface area contributed by atoms with Gasteiger partial charge in [-0.3, -0.25) is 0 Å². The van der Waals surface area contributed by atoms with Crippen molar-refractivity contribution in [2.45, 2.75) is 39.2 Å². The van der Waals surface area contributed by atoms with Crippen molar-refractivity contribution in [3.63, 3.8) is 0 Å². The minimum Gasteiger partial charge on any atom is -0.382 e. The van der Waals surface area contributed by atoms with Gasteiger partial charge in [-0.1, -0.05) is 0 Å². The molecule has 0 radical (unpaired) electrons. The maximum atomic E-state index is 10.9. The van der Waals surface area contributed by atoms with E-state index in [2.05, 4.69) is 30.3 Å². The number of aryl methyl sites for hydroxylation is 2. The maximum Gasteiger partial charge on any atom is 0.135 e. The second-order valence-electron chi connectivity index (χ2n) is 5.72. The molecule has 3 heterocycles. The van der Waals surface area contributed by atoms with Gasteiger partial charge in [0.05, 0.1) is 12.7 Å². The summed E-state index contributed by atoms with van der Waals surface area (Å²) in [4.78, 5) is 11.1. The van der Waals surface area contributed by atoms with E-state index in [1.165, 1.54) is 0 Å². The van der Waals surface area contributed by atoms with E-state index in [0.717, 1.165) is 35.9 Å². The largest absolute Gasteiger partial charge is 0.382 e. The fraction of sp³-hybridized carbons (Fsp3) is 0.571. The molecule has 1 aliphatic rings. The molecule has 2 N–H and O–H groups in total. The average molecular weight is 288 g/mol. The number of aliphatic hydroxyl groups is 1. The molecule has 2 aromatic heterocycles. The highest BCUT2D eigenvalue weighted by atomic mass is 16.3. The Hall–Kier alpha value is -2.02. The highest BCUT2D eigenvalue weighted by Crippen LogP contribution is 2.33. The van der Waals surface area contributed by atoms with Gasteiger partial charge in [0.1, 0.15) is 22.9 Å². The van der Waals surface area contributed by atoms with Crippen LogP contribution in [0.3, 0.4) is 0 Å². The zero-order valence-electron chi connectivity index (χ0n) is 12.6. The molecule has 2 aromatic rings. The maximum absolute atomic E-state index is 10.9. The monoisotopic (exact) mass is 288 g/mol. The third-order valence-electron chi connectivity index (χ3n) is 4.14. The van der Waals surface area contributed by atoms with Crippen LogP contribution >= 0.6 is 0 Å². The Morgan fingerprint density at radius 3 is 2.81 bits per heavy atom. The predicted octanol–water partition coefficient (Wildman–Crippen LogP) is 1.01. The summed E-state index contributed by atoms with van der Waals surface area (Å²) in [7, 11) is 0. The van der Waals surface area contributed by atoms with Crippen LogP contribution in [0.4, 0.5) is 5.82 Å². The van der Waals surface area contributed by atoms with Crippen molar-refractivity contribution < 1.29 is 5.11 Å². The van der Waals surface area contributed by atoms with Gasteiger partial charge in [-0.05, 0) is 33.6 Å². The highest BCUT2D eigenvalue weighted by Gasteiger charge is 2.38. The second-order valence-corrected chi connectivity index (χ2v) is 5.72. The predicted molar refractivity (Wildman–Crippen MR) is 78.0 cm³/mol. The summed E-state index contributed by atoms with van der Waals surface area (Å²) in [5.74, 6) is 1.66. The molecule has 7 heteroatoms. The first-order chi connectivity index (χ1) is 9.99. The smallest absolute Gasteiger partial charge is 0.135 e. The van der Waals surface area contributed by atoms with E-state index in [1.54, 1.807) is 6.20 Å². The molecule has 1 aliphatic heterocycles. The Labute approximate surface area is 123 Å². The van der Waals surface area contributed by atoms with E-state index < -0.39 is 5.60 Å². The van der Waals surface area contributed by atoms with Gasteiger partial charge in [0.25, 0.3) is 0 Å². The molecular weight excluding hydrogens is 268 g/mol. The van der Waals surface area contributed by atoms with Crippen LogP contribution in [0.5, 0.6) is 0 Å². The van der Waals surface area contributed by atoms with Gasteiger partial charge in [0.2, 0.25) is 0 Å². The quantitative estimate of drug-likeness (QED) is 0.857. The Balaban J connectivity index is 1.94. The lowest BCUT2D eigenvalue weighted by Gasteiger charge is -2.39. The molecule has 0 aromatic carbocycles. The molecule has 0 amide bonds. The summed E-state index contributed by atoms with van der Waals surface area (Å²) in [5, 5.41) is 21.3. The lowest BCUT2D eigenvalue weighted by molar-refractivity contribution is 0.0174. The Kier molecular flexibility index (Phi) is 3.36. The molecule has 0 aliphatic carbocycles. The van der Waals surface area contributed by atoms with E-state index in [0.29, 0.717) is 18.7 Å². The van der Waals surface area contributed by atoms with Crippen molar-refractivity contribution >= 4 is 5.82 Å². The van der Waals surface area contributed by atoms with E-state index in [1.807, 2.05) is 20.8 Å². The Morgan fingerprint density at radius 2 is 2.10 bits per heavy atom. The molecule has 1 atom stereocenters. The molecule has 1 fully saturated rings. The Bertz CT molecular complexity index is 641. The summed E-state index contributed by atoms with van der Waals surface area (Å²) in [6.07, 6.45) is 3.15. The van der Waals surface area contributed by atoms with E-state index in [-0.39, 0.29) is 0 Å². The average Bonchev–Trinajstić information content (AvgIpc) is 2.98. The number of nitrogens with zero attached hydrogens (tertiary/aromatic N) is 5. The molecule has 3 rings (SSSR count). The van der Waals surface area contributed by atoms with E-state index in [4.69, 9.17) is 0 Å². The van der Waals surface area contributed by atoms with Crippen molar-refractivity contribution in [1.82, 2.24) is 25.4 Å². The van der Waals surface area contributed by atoms with Crippen LogP contribution in [0, 0.1) is 20.8 Å². The SMILES string of the molecule is Cc1nc(C)c(C)c(N2CCC[C@](O)(c3cn[nH]n3)C2)n1. The first-order valence-electron chi connectivity index (χ1n) is 7.15. The lowest BCUT2D eigenvalue weighted by atomic mass is 9.90. The van der Waals surface area contributed by atoms with Crippen LogP contribution in [0.1, 0.15) is 35.6 Å². The number of piperidine rings is 1. The van der Waals surface area contributed by atoms with E-state index in [9.17, 15) is 5.11 Å². The normalized spacial score (nSPS) is 22.6. The summed E-state index contributed by atoms with van der Waals surface area (Å²) in [6.45, 7) is 7.24. The van der Waals surface area contributed by atoms with Gasteiger partial charge in [0, 0.05) is 17.8 Å². The highest BCUT2D eigenvalue weighted by molar-refractivity contribution is 5.49. The molecule has 7 nitrogen and oxygen atoms in total. The number of hydrogen-bond donors (Lipinski definition) is 2. The van der Waals surface area contributed by atoms with Crippen LogP contribution < -0.4 is 4.90 Å². The summed E-state index contributed by atoms with van der Waals surface area (Å²) in [6, 6.07) is 0. The topological polar surface area (TPSA) is 90.8 Å². The fourth-order valence-electron chi connectivity index (χ4n) is 2.91. The van der Waals surface area contributed by atoms with Gasteiger partial charge in [0.15, 0.2) is 0 Å². The van der Waals surface area contributed by atoms with E-state index >= 15 is 0 Å². The van der Waals surface area contributed by atoms with Crippen LogP contribution in [-0.2, 0) is 5.60 Å². The second kappa shape index (κ2) is 5.07. The van der Waals surface area contributed by atoms with Gasteiger partial charge in [-0.2, -0.15) is 15.4 Å². The van der Waals surface area contributed by atoms with Crippen LogP contribution in [0.15, 0.2) is 6.20 Å². The first kappa shape index (κ1) is 13.9. The molecule has 0 unspecified atom stereocenters. The van der Waals surface area contributed by atoms with Crippen LogP contribution in [0.2, 0.25) is 0 Å². The van der Waals surface area contributed by atoms with Gasteiger partial charge in [-0.15, -0.1) is 0 Å². The minimum atomic E-state index is -0.982. The number of nitrogens with one attached hydrogen (secondary N) is 1. The van der Waals surface area contributed by atoms with Crippen molar-refractivity contribution in [3.05, 3.63) is 29.0 Å². The molecule has 21 heavy (non-hydrogen) atoms. The number of rotatable bonds is 2. The van der Waals surface area contributed by atoms with Gasteiger partial charge >= 0.3 is 0 Å². The third-order valence-corrected chi connectivity index (χ3v) is 4.14. The zero-order chi connectivity index (χ0) is 15.0. The standard InChI is InChI=1S/C14H20N6O/c1-9-10(2)16-11(3)17-13(9)20-6-4-5-14(21,8-20)12-7-15-19-18-12/h7,21H,4-6,8H2,1-3H3,(H,15,18,19)/t14-/m1/s1. The molecule has 0 saturated carbocycles. The van der Waals surface area contributed by atoms with Crippen molar-refractivity contribution in [2.24, 2.45) is 0 Å². The zero-order valence-corrected chi connectivity index (χ0v) is 12.6. The van der Waals surface area contributed by atoms with Crippen molar-refractivity contribution in [3.8, 4) is 0 Å². The van der Waals surface area contributed by atoms with Crippen molar-refractivity contribution in [1.29, 1.82) is 0 Å². The van der Waals surface area contributed by atoms with Crippen molar-refractivity contribution in [2.75, 3.05) is 18.0 Å². The number of H-pyrrole nitrogens is 1. The van der Waals surface area contributed by atoms with Crippen LogP contribution in [0.25, 0.3) is 0 Å².